The van der Waals surface area contributed by atoms with Crippen molar-refractivity contribution < 1.29 is 0 Å². The largest absolute Gasteiger partial charge is 0.381 e. The standard InChI is InChI=1S/C7H7N5/c8-3-1-2-6-5(4-9)7(10)12-11-6/h1-2H2,(H3,10,11,12). The maximum absolute atomic E-state index is 8.61. The fourth-order valence-electron chi connectivity index (χ4n) is 0.881. The van der Waals surface area contributed by atoms with Gasteiger partial charge < -0.3 is 5.73 Å². The summed E-state index contributed by atoms with van der Waals surface area (Å²) in [5, 5.41) is 23.2. The summed E-state index contributed by atoms with van der Waals surface area (Å²) in [6.07, 6.45) is 0.847. The van der Waals surface area contributed by atoms with Gasteiger partial charge in [0, 0.05) is 12.8 Å². The third-order valence-corrected chi connectivity index (χ3v) is 1.47. The second-order valence-corrected chi connectivity index (χ2v) is 2.23. The molecule has 0 aliphatic carbocycles. The van der Waals surface area contributed by atoms with Crippen LogP contribution in [0.15, 0.2) is 0 Å². The van der Waals surface area contributed by atoms with E-state index in [0.717, 1.165) is 0 Å². The molecular formula is C7H7N5. The molecule has 1 aromatic heterocycles. The number of H-pyrrole nitrogens is 1. The van der Waals surface area contributed by atoms with E-state index in [2.05, 4.69) is 10.2 Å². The van der Waals surface area contributed by atoms with E-state index in [9.17, 15) is 0 Å². The van der Waals surface area contributed by atoms with E-state index in [4.69, 9.17) is 16.3 Å². The highest BCUT2D eigenvalue weighted by Gasteiger charge is 2.08. The zero-order valence-electron chi connectivity index (χ0n) is 6.33. The van der Waals surface area contributed by atoms with E-state index < -0.39 is 0 Å². The minimum absolute atomic E-state index is 0.199. The Balaban J connectivity index is 2.88. The third-order valence-electron chi connectivity index (χ3n) is 1.47. The predicted octanol–water partition coefficient (Wildman–Crippen LogP) is 0.320. The highest BCUT2D eigenvalue weighted by atomic mass is 15.2. The molecule has 0 bridgehead atoms. The van der Waals surface area contributed by atoms with Crippen molar-refractivity contribution in [3.63, 3.8) is 0 Å². The quantitative estimate of drug-likeness (QED) is 0.651. The summed E-state index contributed by atoms with van der Waals surface area (Å²) < 4.78 is 0. The molecule has 0 aliphatic rings. The molecule has 0 saturated heterocycles. The molecule has 60 valence electrons. The van der Waals surface area contributed by atoms with Gasteiger partial charge in [0.2, 0.25) is 0 Å². The van der Waals surface area contributed by atoms with Crippen LogP contribution in [0.1, 0.15) is 17.7 Å². The number of aromatic nitrogens is 2. The average Bonchev–Trinajstić information content (AvgIpc) is 2.43. The van der Waals surface area contributed by atoms with Gasteiger partial charge >= 0.3 is 0 Å². The number of hydrogen-bond acceptors (Lipinski definition) is 4. The summed E-state index contributed by atoms with van der Waals surface area (Å²) in [5.74, 6) is 0.199. The van der Waals surface area contributed by atoms with Crippen LogP contribution in [0.25, 0.3) is 0 Å². The van der Waals surface area contributed by atoms with Crippen LogP contribution in [-0.2, 0) is 6.42 Å². The summed E-state index contributed by atoms with van der Waals surface area (Å²) >= 11 is 0. The lowest BCUT2D eigenvalue weighted by Gasteiger charge is -1.89. The summed E-state index contributed by atoms with van der Waals surface area (Å²) in [6, 6.07) is 3.90. The fraction of sp³-hybridized carbons (Fsp3) is 0.286. The average molecular weight is 161 g/mol. The van der Waals surface area contributed by atoms with Gasteiger partial charge in [-0.3, -0.25) is 5.10 Å². The van der Waals surface area contributed by atoms with E-state index >= 15 is 0 Å². The molecule has 0 aliphatic heterocycles. The number of nitrogens with one attached hydrogen (secondary N) is 1. The Bertz CT molecular complexity index is 351. The Kier molecular flexibility index (Phi) is 2.29. The summed E-state index contributed by atoms with van der Waals surface area (Å²) in [6.45, 7) is 0. The molecule has 1 aromatic rings. The molecule has 3 N–H and O–H groups in total. The molecule has 0 saturated carbocycles. The minimum atomic E-state index is 0.199. The zero-order valence-corrected chi connectivity index (χ0v) is 6.33. The van der Waals surface area contributed by atoms with Crippen LogP contribution < -0.4 is 5.73 Å². The maximum Gasteiger partial charge on any atom is 0.163 e. The molecule has 0 radical (unpaired) electrons. The molecule has 0 spiro atoms. The van der Waals surface area contributed by atoms with Crippen molar-refractivity contribution in [3.05, 3.63) is 11.3 Å². The van der Waals surface area contributed by atoms with Crippen LogP contribution in [-0.4, -0.2) is 10.2 Å². The van der Waals surface area contributed by atoms with Gasteiger partial charge in [0.15, 0.2) is 5.82 Å². The van der Waals surface area contributed by atoms with Crippen LogP contribution in [0.4, 0.5) is 5.82 Å². The molecule has 0 fully saturated rings. The Morgan fingerprint density at radius 2 is 2.25 bits per heavy atom. The number of rotatable bonds is 2. The lowest BCUT2D eigenvalue weighted by molar-refractivity contribution is 0.920. The molecule has 1 heterocycles. The molecular weight excluding hydrogens is 154 g/mol. The lowest BCUT2D eigenvalue weighted by atomic mass is 10.2. The van der Waals surface area contributed by atoms with Crippen LogP contribution in [0.5, 0.6) is 0 Å². The van der Waals surface area contributed by atoms with Crippen LogP contribution in [0.3, 0.4) is 0 Å². The van der Waals surface area contributed by atoms with E-state index in [1.807, 2.05) is 12.1 Å². The smallest absolute Gasteiger partial charge is 0.163 e. The second kappa shape index (κ2) is 3.40. The monoisotopic (exact) mass is 161 g/mol. The van der Waals surface area contributed by atoms with Crippen molar-refractivity contribution in [1.82, 2.24) is 10.2 Å². The number of nitrogen functional groups attached to an aromatic ring is 1. The number of nitriles is 2. The molecule has 5 nitrogen and oxygen atoms in total. The first kappa shape index (κ1) is 8.09. The van der Waals surface area contributed by atoms with Crippen molar-refractivity contribution in [1.29, 1.82) is 10.5 Å². The van der Waals surface area contributed by atoms with Crippen molar-refractivity contribution in [2.24, 2.45) is 0 Å². The SMILES string of the molecule is N#CCCc1[nH]nc(N)c1C#N. The molecule has 5 heteroatoms. The Morgan fingerprint density at radius 3 is 2.83 bits per heavy atom. The number of aryl methyl sites for hydroxylation is 1. The lowest BCUT2D eigenvalue weighted by Crippen LogP contribution is -1.90. The highest BCUT2D eigenvalue weighted by Crippen LogP contribution is 2.12. The van der Waals surface area contributed by atoms with Gasteiger partial charge in [-0.15, -0.1) is 0 Å². The Morgan fingerprint density at radius 1 is 1.50 bits per heavy atom. The van der Waals surface area contributed by atoms with Crippen molar-refractivity contribution in [3.8, 4) is 12.1 Å². The molecule has 0 unspecified atom stereocenters. The number of hydrogen-bond donors (Lipinski definition) is 2. The fourth-order valence-corrected chi connectivity index (χ4v) is 0.881. The number of aromatic amines is 1. The van der Waals surface area contributed by atoms with E-state index in [1.54, 1.807) is 0 Å². The van der Waals surface area contributed by atoms with E-state index in [1.165, 1.54) is 0 Å². The number of nitrogens with zero attached hydrogens (tertiary/aromatic N) is 3. The van der Waals surface area contributed by atoms with Crippen molar-refractivity contribution in [2.75, 3.05) is 5.73 Å². The second-order valence-electron chi connectivity index (χ2n) is 2.23. The minimum Gasteiger partial charge on any atom is -0.381 e. The van der Waals surface area contributed by atoms with Crippen LogP contribution in [0, 0.1) is 22.7 Å². The number of anilines is 1. The maximum atomic E-state index is 8.61. The zero-order chi connectivity index (χ0) is 8.97. The van der Waals surface area contributed by atoms with E-state index in [0.29, 0.717) is 24.1 Å². The van der Waals surface area contributed by atoms with Gasteiger partial charge in [-0.05, 0) is 0 Å². The van der Waals surface area contributed by atoms with Gasteiger partial charge in [0.1, 0.15) is 11.6 Å². The molecule has 12 heavy (non-hydrogen) atoms. The molecule has 0 atom stereocenters. The Labute approximate surface area is 69.4 Å². The summed E-state index contributed by atoms with van der Waals surface area (Å²) in [5.41, 5.74) is 6.36. The van der Waals surface area contributed by atoms with E-state index in [-0.39, 0.29) is 5.82 Å². The first-order valence-electron chi connectivity index (χ1n) is 3.39. The summed E-state index contributed by atoms with van der Waals surface area (Å²) in [7, 11) is 0. The van der Waals surface area contributed by atoms with Crippen LogP contribution >= 0.6 is 0 Å². The molecule has 0 amide bonds. The van der Waals surface area contributed by atoms with Gasteiger partial charge in [-0.2, -0.15) is 15.6 Å². The molecule has 1 rings (SSSR count). The van der Waals surface area contributed by atoms with Crippen LogP contribution in [0.2, 0.25) is 0 Å². The van der Waals surface area contributed by atoms with Crippen molar-refractivity contribution in [2.45, 2.75) is 12.8 Å². The van der Waals surface area contributed by atoms with Crippen molar-refractivity contribution >= 4 is 5.82 Å². The van der Waals surface area contributed by atoms with Gasteiger partial charge in [0.25, 0.3) is 0 Å². The normalized spacial score (nSPS) is 8.83. The first-order chi connectivity index (χ1) is 5.79. The third kappa shape index (κ3) is 1.35. The van der Waals surface area contributed by atoms with Gasteiger partial charge in [-0.1, -0.05) is 0 Å². The topological polar surface area (TPSA) is 102 Å². The first-order valence-corrected chi connectivity index (χ1v) is 3.39. The number of nitrogens with two attached hydrogens (primary N) is 1. The molecule has 0 aromatic carbocycles. The predicted molar refractivity (Wildman–Crippen MR) is 41.6 cm³/mol. The highest BCUT2D eigenvalue weighted by molar-refractivity contribution is 5.50. The Hall–Kier alpha value is -2.01. The van der Waals surface area contributed by atoms with Gasteiger partial charge in [-0.25, -0.2) is 0 Å². The summed E-state index contributed by atoms with van der Waals surface area (Å²) in [4.78, 5) is 0. The van der Waals surface area contributed by atoms with Gasteiger partial charge in [0.05, 0.1) is 11.8 Å².